The predicted molar refractivity (Wildman–Crippen MR) is 71.4 cm³/mol. The quantitative estimate of drug-likeness (QED) is 0.814. The maximum Gasteiger partial charge on any atom is 0.0665 e. The SMILES string of the molecule is CCCNC(COC(C)C)c1ccncc1Cl. The van der Waals surface area contributed by atoms with Crippen LogP contribution < -0.4 is 5.32 Å². The van der Waals surface area contributed by atoms with Crippen LogP contribution in [0.25, 0.3) is 0 Å². The zero-order valence-corrected chi connectivity index (χ0v) is 11.5. The third-order valence-corrected chi connectivity index (χ3v) is 2.73. The third-order valence-electron chi connectivity index (χ3n) is 2.42. The average molecular weight is 257 g/mol. The van der Waals surface area contributed by atoms with Crippen molar-refractivity contribution in [1.82, 2.24) is 10.3 Å². The van der Waals surface area contributed by atoms with Gasteiger partial charge in [0.15, 0.2) is 0 Å². The standard InChI is InChI=1S/C13H21ClN2O/c1-4-6-16-13(9-17-10(2)3)11-5-7-15-8-12(11)14/h5,7-8,10,13,16H,4,6,9H2,1-3H3. The summed E-state index contributed by atoms with van der Waals surface area (Å²) in [4.78, 5) is 4.00. The molecule has 0 fully saturated rings. The van der Waals surface area contributed by atoms with E-state index >= 15 is 0 Å². The lowest BCUT2D eigenvalue weighted by Gasteiger charge is -2.21. The van der Waals surface area contributed by atoms with Crippen LogP contribution in [0.1, 0.15) is 38.8 Å². The molecular formula is C13H21ClN2O. The van der Waals surface area contributed by atoms with E-state index in [1.807, 2.05) is 19.9 Å². The zero-order chi connectivity index (χ0) is 12.7. The molecule has 1 N–H and O–H groups in total. The molecule has 1 unspecified atom stereocenters. The molecule has 3 nitrogen and oxygen atoms in total. The van der Waals surface area contributed by atoms with E-state index in [2.05, 4.69) is 17.2 Å². The van der Waals surface area contributed by atoms with Crippen molar-refractivity contribution in [2.75, 3.05) is 13.2 Å². The van der Waals surface area contributed by atoms with E-state index in [1.165, 1.54) is 0 Å². The largest absolute Gasteiger partial charge is 0.377 e. The molecule has 0 saturated heterocycles. The lowest BCUT2D eigenvalue weighted by molar-refractivity contribution is 0.0611. The Hall–Kier alpha value is -0.640. The van der Waals surface area contributed by atoms with Gasteiger partial charge in [0.05, 0.1) is 23.8 Å². The van der Waals surface area contributed by atoms with Gasteiger partial charge in [0.25, 0.3) is 0 Å². The van der Waals surface area contributed by atoms with Gasteiger partial charge in [-0.25, -0.2) is 0 Å². The van der Waals surface area contributed by atoms with E-state index < -0.39 is 0 Å². The number of ether oxygens (including phenoxy) is 1. The van der Waals surface area contributed by atoms with Gasteiger partial charge in [0.1, 0.15) is 0 Å². The third kappa shape index (κ3) is 5.02. The Labute approximate surface area is 109 Å². The van der Waals surface area contributed by atoms with E-state index in [1.54, 1.807) is 12.4 Å². The summed E-state index contributed by atoms with van der Waals surface area (Å²) in [7, 11) is 0. The maximum absolute atomic E-state index is 6.16. The van der Waals surface area contributed by atoms with Crippen molar-refractivity contribution in [1.29, 1.82) is 0 Å². The van der Waals surface area contributed by atoms with Crippen molar-refractivity contribution >= 4 is 11.6 Å². The van der Waals surface area contributed by atoms with Gasteiger partial charge in [-0.05, 0) is 38.4 Å². The first-order valence-electron chi connectivity index (χ1n) is 6.09. The molecule has 17 heavy (non-hydrogen) atoms. The summed E-state index contributed by atoms with van der Waals surface area (Å²) in [6, 6.07) is 2.08. The fourth-order valence-corrected chi connectivity index (χ4v) is 1.79. The summed E-state index contributed by atoms with van der Waals surface area (Å²) in [5.41, 5.74) is 1.05. The summed E-state index contributed by atoms with van der Waals surface area (Å²) >= 11 is 6.16. The molecule has 1 heterocycles. The van der Waals surface area contributed by atoms with Crippen LogP contribution in [0, 0.1) is 0 Å². The molecule has 0 aliphatic rings. The Morgan fingerprint density at radius 2 is 2.24 bits per heavy atom. The second-order valence-corrected chi connectivity index (χ2v) is 4.69. The van der Waals surface area contributed by atoms with Gasteiger partial charge in [0.2, 0.25) is 0 Å². The van der Waals surface area contributed by atoms with Crippen LogP contribution in [-0.4, -0.2) is 24.2 Å². The van der Waals surface area contributed by atoms with Crippen LogP contribution in [0.2, 0.25) is 5.02 Å². The Kier molecular flexibility index (Phi) is 6.48. The normalized spacial score (nSPS) is 13.0. The topological polar surface area (TPSA) is 34.1 Å². The van der Waals surface area contributed by atoms with Crippen molar-refractivity contribution in [3.05, 3.63) is 29.0 Å². The van der Waals surface area contributed by atoms with Crippen LogP contribution >= 0.6 is 11.6 Å². The summed E-state index contributed by atoms with van der Waals surface area (Å²) in [5.74, 6) is 0. The molecular weight excluding hydrogens is 236 g/mol. The molecule has 0 spiro atoms. The van der Waals surface area contributed by atoms with E-state index in [-0.39, 0.29) is 12.1 Å². The number of aromatic nitrogens is 1. The van der Waals surface area contributed by atoms with Crippen molar-refractivity contribution in [2.45, 2.75) is 39.3 Å². The summed E-state index contributed by atoms with van der Waals surface area (Å²) in [5, 5.41) is 4.13. The van der Waals surface area contributed by atoms with E-state index in [4.69, 9.17) is 16.3 Å². The minimum atomic E-state index is 0.132. The molecule has 96 valence electrons. The number of nitrogens with zero attached hydrogens (tertiary/aromatic N) is 1. The van der Waals surface area contributed by atoms with Gasteiger partial charge < -0.3 is 10.1 Å². The molecule has 0 aromatic carbocycles. The van der Waals surface area contributed by atoms with Gasteiger partial charge in [0, 0.05) is 12.4 Å². The number of nitrogens with one attached hydrogen (secondary N) is 1. The minimum Gasteiger partial charge on any atom is -0.377 e. The average Bonchev–Trinajstić information content (AvgIpc) is 2.30. The highest BCUT2D eigenvalue weighted by Gasteiger charge is 2.14. The van der Waals surface area contributed by atoms with Crippen molar-refractivity contribution in [2.24, 2.45) is 0 Å². The zero-order valence-electron chi connectivity index (χ0n) is 10.7. The first-order valence-corrected chi connectivity index (χ1v) is 6.47. The van der Waals surface area contributed by atoms with Gasteiger partial charge in [-0.15, -0.1) is 0 Å². The maximum atomic E-state index is 6.16. The van der Waals surface area contributed by atoms with Crippen molar-refractivity contribution < 1.29 is 4.74 Å². The molecule has 4 heteroatoms. The second kappa shape index (κ2) is 7.64. The fourth-order valence-electron chi connectivity index (χ4n) is 1.53. The molecule has 0 saturated carbocycles. The second-order valence-electron chi connectivity index (χ2n) is 4.29. The van der Waals surface area contributed by atoms with E-state index in [9.17, 15) is 0 Å². The number of pyridine rings is 1. The monoisotopic (exact) mass is 256 g/mol. The summed E-state index contributed by atoms with van der Waals surface area (Å²) < 4.78 is 5.67. The molecule has 0 aliphatic carbocycles. The van der Waals surface area contributed by atoms with Crippen LogP contribution in [0.3, 0.4) is 0 Å². The minimum absolute atomic E-state index is 0.132. The number of halogens is 1. The molecule has 1 rings (SSSR count). The number of rotatable bonds is 7. The lowest BCUT2D eigenvalue weighted by Crippen LogP contribution is -2.27. The Morgan fingerprint density at radius 1 is 1.47 bits per heavy atom. The van der Waals surface area contributed by atoms with Crippen LogP contribution in [-0.2, 0) is 4.74 Å². The highest BCUT2D eigenvalue weighted by atomic mass is 35.5. The van der Waals surface area contributed by atoms with Gasteiger partial charge >= 0.3 is 0 Å². The number of hydrogen-bond donors (Lipinski definition) is 1. The van der Waals surface area contributed by atoms with Crippen LogP contribution in [0.4, 0.5) is 0 Å². The first kappa shape index (κ1) is 14.4. The molecule has 1 atom stereocenters. The smallest absolute Gasteiger partial charge is 0.0665 e. The molecule has 1 aromatic rings. The molecule has 0 amide bonds. The first-order chi connectivity index (χ1) is 8.15. The van der Waals surface area contributed by atoms with E-state index in [0.717, 1.165) is 18.5 Å². The fraction of sp³-hybridized carbons (Fsp3) is 0.615. The molecule has 0 radical (unpaired) electrons. The predicted octanol–water partition coefficient (Wildman–Crippen LogP) is 3.20. The van der Waals surface area contributed by atoms with Gasteiger partial charge in [-0.2, -0.15) is 0 Å². The Balaban J connectivity index is 2.71. The lowest BCUT2D eigenvalue weighted by atomic mass is 10.1. The van der Waals surface area contributed by atoms with Gasteiger partial charge in [-0.3, -0.25) is 4.98 Å². The number of hydrogen-bond acceptors (Lipinski definition) is 3. The highest BCUT2D eigenvalue weighted by molar-refractivity contribution is 6.31. The Bertz CT molecular complexity index is 331. The molecule has 1 aromatic heterocycles. The molecule has 0 aliphatic heterocycles. The van der Waals surface area contributed by atoms with Crippen molar-refractivity contribution in [3.8, 4) is 0 Å². The molecule has 0 bridgehead atoms. The summed E-state index contributed by atoms with van der Waals surface area (Å²) in [6.45, 7) is 7.78. The highest BCUT2D eigenvalue weighted by Crippen LogP contribution is 2.22. The summed E-state index contributed by atoms with van der Waals surface area (Å²) in [6.07, 6.45) is 4.74. The van der Waals surface area contributed by atoms with Crippen molar-refractivity contribution in [3.63, 3.8) is 0 Å². The van der Waals surface area contributed by atoms with Crippen LogP contribution in [0.5, 0.6) is 0 Å². The van der Waals surface area contributed by atoms with Crippen LogP contribution in [0.15, 0.2) is 18.5 Å². The van der Waals surface area contributed by atoms with Gasteiger partial charge in [-0.1, -0.05) is 18.5 Å². The van der Waals surface area contributed by atoms with E-state index in [0.29, 0.717) is 11.6 Å². The Morgan fingerprint density at radius 3 is 2.82 bits per heavy atom.